The highest BCUT2D eigenvalue weighted by atomic mass is 15.1. The summed E-state index contributed by atoms with van der Waals surface area (Å²) in [5, 5.41) is 10.1. The lowest BCUT2D eigenvalue weighted by Gasteiger charge is -2.16. The quantitative estimate of drug-likeness (QED) is 0.0949. The summed E-state index contributed by atoms with van der Waals surface area (Å²) in [6.45, 7) is 16.6. The van der Waals surface area contributed by atoms with Crippen molar-refractivity contribution in [3.8, 4) is 22.5 Å². The van der Waals surface area contributed by atoms with Gasteiger partial charge in [0.05, 0.1) is 23.8 Å². The number of nitrogens with zero attached hydrogens (tertiary/aromatic N) is 4. The molecule has 61 heavy (non-hydrogen) atoms. The van der Waals surface area contributed by atoms with Crippen molar-refractivity contribution in [2.45, 2.75) is 55.4 Å². The van der Waals surface area contributed by atoms with Crippen molar-refractivity contribution in [2.24, 2.45) is 0 Å². The van der Waals surface area contributed by atoms with Crippen LogP contribution in [0.15, 0.2) is 146 Å². The second-order valence-electron chi connectivity index (χ2n) is 15.4. The third kappa shape index (κ3) is 11.8. The Kier molecular flexibility index (Phi) is 14.1. The van der Waals surface area contributed by atoms with Crippen LogP contribution in [0, 0.1) is 55.4 Å². The van der Waals surface area contributed by atoms with Crippen molar-refractivity contribution in [3.63, 3.8) is 0 Å². The Morgan fingerprint density at radius 1 is 0.377 bits per heavy atom. The predicted octanol–water partition coefficient (Wildman–Crippen LogP) is 12.8. The van der Waals surface area contributed by atoms with E-state index in [0.29, 0.717) is 23.3 Å². The molecular formula is C52H55N9. The van der Waals surface area contributed by atoms with Gasteiger partial charge >= 0.3 is 0 Å². The van der Waals surface area contributed by atoms with Crippen LogP contribution in [0.2, 0.25) is 0 Å². The number of nitrogens with one attached hydrogen (secondary N) is 3. The van der Waals surface area contributed by atoms with Crippen LogP contribution >= 0.6 is 0 Å². The van der Waals surface area contributed by atoms with Crippen LogP contribution in [0.4, 0.5) is 46.0 Å². The first-order chi connectivity index (χ1) is 29.3. The number of hydrogen-bond acceptors (Lipinski definition) is 9. The molecule has 0 aliphatic rings. The molecule has 0 fully saturated rings. The third-order valence-electron chi connectivity index (χ3n) is 9.85. The number of nitrogens with two attached hydrogens (primary N) is 2. The fourth-order valence-electron chi connectivity index (χ4n) is 7.25. The first-order valence-corrected chi connectivity index (χ1v) is 20.3. The number of benzene rings is 6. The Hall–Kier alpha value is -7.52. The van der Waals surface area contributed by atoms with Gasteiger partial charge in [0.2, 0.25) is 0 Å². The summed E-state index contributed by atoms with van der Waals surface area (Å²) < 4.78 is 0. The van der Waals surface area contributed by atoms with Crippen LogP contribution in [-0.2, 0) is 0 Å². The Balaban J connectivity index is 0.000000175. The van der Waals surface area contributed by atoms with Crippen LogP contribution in [0.3, 0.4) is 0 Å². The molecule has 308 valence electrons. The fourth-order valence-corrected chi connectivity index (χ4v) is 7.25. The first-order valence-electron chi connectivity index (χ1n) is 20.3. The summed E-state index contributed by atoms with van der Waals surface area (Å²) in [6.07, 6.45) is 3.57. The maximum absolute atomic E-state index is 5.96. The smallest absolute Gasteiger partial charge is 0.174 e. The maximum Gasteiger partial charge on any atom is 0.174 e. The van der Waals surface area contributed by atoms with Gasteiger partial charge in [0.15, 0.2) is 23.3 Å². The van der Waals surface area contributed by atoms with Crippen LogP contribution in [0.25, 0.3) is 22.5 Å². The molecule has 0 aliphatic heterocycles. The standard InChI is InChI=1S/C26H26N4.C18H18N4.C8H11N/c1-17-13-18(2)15-22(14-17)29-25-26(28-21-11-6-5-7-12-21)30-23(16-27-25)24-19(3)9-8-10-20(24)4;1-12-7-6-8-13(2)16(12)15-11-20-17(19)18(22-15)21-14-9-4-3-5-10-14;1-6-3-7(2)5-8(9)4-6/h5-16H,1-4H3,(H,27,29)(H,28,30);3-11H,1-2H3,(H2,19,20)(H,21,22);3-5H,9H2,1-2H3. The molecule has 0 amide bonds. The Morgan fingerprint density at radius 3 is 1.23 bits per heavy atom. The SMILES string of the molecule is Cc1cc(C)cc(N)c1.Cc1cc(C)cc(Nc2ncc(-c3c(C)cccc3C)nc2Nc2ccccc2)c1.Cc1cccc(C)c1-c1cnc(N)c(Nc2ccccc2)n1. The van der Waals surface area contributed by atoms with Crippen molar-refractivity contribution >= 4 is 46.0 Å². The summed E-state index contributed by atoms with van der Waals surface area (Å²) in [5.41, 5.74) is 28.8. The molecule has 6 aromatic carbocycles. The molecule has 0 aliphatic carbocycles. The van der Waals surface area contributed by atoms with E-state index in [1.54, 1.807) is 6.20 Å². The van der Waals surface area contributed by atoms with Crippen molar-refractivity contribution in [3.05, 3.63) is 190 Å². The van der Waals surface area contributed by atoms with Crippen molar-refractivity contribution in [1.29, 1.82) is 0 Å². The van der Waals surface area contributed by atoms with Gasteiger partial charge in [-0.25, -0.2) is 19.9 Å². The number of aryl methyl sites for hydroxylation is 8. The van der Waals surface area contributed by atoms with Crippen LogP contribution in [-0.4, -0.2) is 19.9 Å². The average Bonchev–Trinajstić information content (AvgIpc) is 3.20. The largest absolute Gasteiger partial charge is 0.399 e. The molecule has 0 atom stereocenters. The normalized spacial score (nSPS) is 10.4. The van der Waals surface area contributed by atoms with Gasteiger partial charge in [0.25, 0.3) is 0 Å². The highest BCUT2D eigenvalue weighted by Gasteiger charge is 2.14. The van der Waals surface area contributed by atoms with Gasteiger partial charge in [0.1, 0.15) is 0 Å². The van der Waals surface area contributed by atoms with Crippen LogP contribution < -0.4 is 27.4 Å². The fraction of sp³-hybridized carbons (Fsp3) is 0.154. The second-order valence-corrected chi connectivity index (χ2v) is 15.4. The minimum Gasteiger partial charge on any atom is -0.399 e. The number of aromatic nitrogens is 4. The van der Waals surface area contributed by atoms with Crippen molar-refractivity contribution < 1.29 is 0 Å². The molecule has 9 heteroatoms. The van der Waals surface area contributed by atoms with Crippen molar-refractivity contribution in [1.82, 2.24) is 19.9 Å². The van der Waals surface area contributed by atoms with E-state index in [-0.39, 0.29) is 0 Å². The monoisotopic (exact) mass is 805 g/mol. The maximum atomic E-state index is 5.96. The molecule has 0 spiro atoms. The average molecular weight is 806 g/mol. The van der Waals surface area contributed by atoms with E-state index in [4.69, 9.17) is 21.4 Å². The highest BCUT2D eigenvalue weighted by Crippen LogP contribution is 2.32. The third-order valence-corrected chi connectivity index (χ3v) is 9.85. The van der Waals surface area contributed by atoms with Crippen molar-refractivity contribution in [2.75, 3.05) is 27.4 Å². The molecule has 0 bridgehead atoms. The summed E-state index contributed by atoms with van der Waals surface area (Å²) in [4.78, 5) is 18.7. The molecule has 7 N–H and O–H groups in total. The van der Waals surface area contributed by atoms with Crippen LogP contribution in [0.5, 0.6) is 0 Å². The van der Waals surface area contributed by atoms with Gasteiger partial charge in [-0.1, -0.05) is 84.9 Å². The zero-order valence-electron chi connectivity index (χ0n) is 36.3. The van der Waals surface area contributed by atoms with Gasteiger partial charge in [-0.3, -0.25) is 0 Å². The van der Waals surface area contributed by atoms with E-state index in [1.807, 2.05) is 98.9 Å². The zero-order valence-corrected chi connectivity index (χ0v) is 36.3. The Bertz CT molecular complexity index is 2620. The lowest BCUT2D eigenvalue weighted by Crippen LogP contribution is -2.04. The molecule has 0 saturated carbocycles. The molecular weight excluding hydrogens is 751 g/mol. The topological polar surface area (TPSA) is 140 Å². The molecule has 2 heterocycles. The van der Waals surface area contributed by atoms with E-state index in [1.165, 1.54) is 44.5 Å². The Morgan fingerprint density at radius 2 is 0.770 bits per heavy atom. The summed E-state index contributed by atoms with van der Waals surface area (Å²) >= 11 is 0. The van der Waals surface area contributed by atoms with E-state index in [9.17, 15) is 0 Å². The minimum atomic E-state index is 0.388. The van der Waals surface area contributed by atoms with E-state index in [2.05, 4.69) is 122 Å². The highest BCUT2D eigenvalue weighted by molar-refractivity contribution is 5.77. The molecule has 8 rings (SSSR count). The van der Waals surface area contributed by atoms with E-state index >= 15 is 0 Å². The number of nitrogen functional groups attached to an aromatic ring is 2. The molecule has 9 nitrogen and oxygen atoms in total. The van der Waals surface area contributed by atoms with Gasteiger partial charge < -0.3 is 27.4 Å². The van der Waals surface area contributed by atoms with E-state index in [0.717, 1.165) is 45.3 Å². The van der Waals surface area contributed by atoms with Gasteiger partial charge in [-0.15, -0.1) is 0 Å². The molecule has 2 aromatic heterocycles. The van der Waals surface area contributed by atoms with Crippen LogP contribution in [0.1, 0.15) is 44.5 Å². The second kappa shape index (κ2) is 20.0. The molecule has 0 unspecified atom stereocenters. The zero-order chi connectivity index (χ0) is 43.5. The summed E-state index contributed by atoms with van der Waals surface area (Å²) in [6, 6.07) is 44.8. The number of anilines is 8. The molecule has 0 saturated heterocycles. The first kappa shape index (κ1) is 43.1. The number of rotatable bonds is 8. The molecule has 0 radical (unpaired) electrons. The number of para-hydroxylation sites is 2. The van der Waals surface area contributed by atoms with Gasteiger partial charge in [-0.05, 0) is 148 Å². The molecule has 8 aromatic rings. The van der Waals surface area contributed by atoms with Gasteiger partial charge in [-0.2, -0.15) is 0 Å². The minimum absolute atomic E-state index is 0.388. The lowest BCUT2D eigenvalue weighted by atomic mass is 10.0. The van der Waals surface area contributed by atoms with E-state index < -0.39 is 0 Å². The Labute approximate surface area is 360 Å². The predicted molar refractivity (Wildman–Crippen MR) is 257 cm³/mol. The van der Waals surface area contributed by atoms with Gasteiger partial charge in [0, 0.05) is 33.9 Å². The summed E-state index contributed by atoms with van der Waals surface area (Å²) in [5.74, 6) is 2.35. The summed E-state index contributed by atoms with van der Waals surface area (Å²) in [7, 11) is 0. The lowest BCUT2D eigenvalue weighted by molar-refractivity contribution is 1.18. The number of hydrogen-bond donors (Lipinski definition) is 5.